The number of rotatable bonds is 3. The average molecular weight is 262 g/mol. The van der Waals surface area contributed by atoms with Gasteiger partial charge in [-0.05, 0) is 12.8 Å². The predicted molar refractivity (Wildman–Crippen MR) is 61.7 cm³/mol. The van der Waals surface area contributed by atoms with Gasteiger partial charge >= 0.3 is 0 Å². The van der Waals surface area contributed by atoms with Gasteiger partial charge in [-0.25, -0.2) is 0 Å². The maximum atomic E-state index is 9.81. The molecular formula is C12H22O6. The van der Waals surface area contributed by atoms with Gasteiger partial charge in [0, 0.05) is 0 Å². The standard InChI is InChI=1S/C12H22O6/c13-6-8-9(14)10(15)11(16)12(18-8)17-7-4-2-1-3-5-7/h7-16H,1-6H2/t8-,9+,10+,11-,12+/m1/s1. The molecule has 5 atom stereocenters. The maximum absolute atomic E-state index is 9.81. The Hall–Kier alpha value is -0.240. The van der Waals surface area contributed by atoms with Crippen molar-refractivity contribution >= 4 is 0 Å². The van der Waals surface area contributed by atoms with Gasteiger partial charge in [-0.15, -0.1) is 0 Å². The number of aliphatic hydroxyl groups is 4. The zero-order valence-corrected chi connectivity index (χ0v) is 10.3. The third-order valence-electron chi connectivity index (χ3n) is 3.73. The fourth-order valence-electron chi connectivity index (χ4n) is 2.57. The summed E-state index contributed by atoms with van der Waals surface area (Å²) in [6.45, 7) is -0.421. The molecule has 0 radical (unpaired) electrons. The average Bonchev–Trinajstić information content (AvgIpc) is 2.40. The highest BCUT2D eigenvalue weighted by Crippen LogP contribution is 2.27. The van der Waals surface area contributed by atoms with Gasteiger partial charge in [0.1, 0.15) is 24.4 Å². The highest BCUT2D eigenvalue weighted by molar-refractivity contribution is 4.89. The first kappa shape index (κ1) is 14.2. The lowest BCUT2D eigenvalue weighted by molar-refractivity contribution is -0.312. The number of hydrogen-bond acceptors (Lipinski definition) is 6. The summed E-state index contributed by atoms with van der Waals surface area (Å²) in [5.74, 6) is 0. The van der Waals surface area contributed by atoms with Crippen LogP contribution in [0.3, 0.4) is 0 Å². The second-order valence-electron chi connectivity index (χ2n) is 5.09. The Morgan fingerprint density at radius 3 is 2.22 bits per heavy atom. The molecule has 18 heavy (non-hydrogen) atoms. The Morgan fingerprint density at radius 2 is 1.61 bits per heavy atom. The molecular weight excluding hydrogens is 240 g/mol. The monoisotopic (exact) mass is 262 g/mol. The summed E-state index contributed by atoms with van der Waals surface area (Å²) >= 11 is 0. The van der Waals surface area contributed by atoms with E-state index in [0.717, 1.165) is 25.7 Å². The highest BCUT2D eigenvalue weighted by atomic mass is 16.7. The Labute approximate surface area is 106 Å². The van der Waals surface area contributed by atoms with Gasteiger partial charge in [-0.3, -0.25) is 0 Å². The molecule has 0 amide bonds. The molecule has 0 aromatic carbocycles. The van der Waals surface area contributed by atoms with Gasteiger partial charge in [0.15, 0.2) is 6.29 Å². The van der Waals surface area contributed by atoms with Crippen LogP contribution in [0.5, 0.6) is 0 Å². The molecule has 0 aromatic heterocycles. The van der Waals surface area contributed by atoms with E-state index in [0.29, 0.717) is 0 Å². The summed E-state index contributed by atoms with van der Waals surface area (Å²) in [6.07, 6.45) is -0.644. The molecule has 0 aromatic rings. The smallest absolute Gasteiger partial charge is 0.186 e. The topological polar surface area (TPSA) is 99.4 Å². The second-order valence-corrected chi connectivity index (χ2v) is 5.09. The Morgan fingerprint density at radius 1 is 0.944 bits per heavy atom. The van der Waals surface area contributed by atoms with Crippen LogP contribution in [0, 0.1) is 0 Å². The van der Waals surface area contributed by atoms with Crippen molar-refractivity contribution in [3.05, 3.63) is 0 Å². The van der Waals surface area contributed by atoms with E-state index in [-0.39, 0.29) is 6.10 Å². The van der Waals surface area contributed by atoms with Crippen LogP contribution < -0.4 is 0 Å². The van der Waals surface area contributed by atoms with Gasteiger partial charge in [-0.2, -0.15) is 0 Å². The summed E-state index contributed by atoms with van der Waals surface area (Å²) in [5.41, 5.74) is 0. The third-order valence-corrected chi connectivity index (χ3v) is 3.73. The van der Waals surface area contributed by atoms with Gasteiger partial charge in [0.05, 0.1) is 12.7 Å². The molecule has 106 valence electrons. The number of ether oxygens (including phenoxy) is 2. The van der Waals surface area contributed by atoms with Crippen molar-refractivity contribution < 1.29 is 29.9 Å². The summed E-state index contributed by atoms with van der Waals surface area (Å²) in [4.78, 5) is 0. The van der Waals surface area contributed by atoms with E-state index >= 15 is 0 Å². The van der Waals surface area contributed by atoms with E-state index in [9.17, 15) is 15.3 Å². The van der Waals surface area contributed by atoms with Crippen molar-refractivity contribution in [3.8, 4) is 0 Å². The van der Waals surface area contributed by atoms with Crippen molar-refractivity contribution in [3.63, 3.8) is 0 Å². The third kappa shape index (κ3) is 3.01. The van der Waals surface area contributed by atoms with Crippen molar-refractivity contribution in [2.75, 3.05) is 6.61 Å². The van der Waals surface area contributed by atoms with Crippen molar-refractivity contribution in [2.24, 2.45) is 0 Å². The molecule has 0 unspecified atom stereocenters. The van der Waals surface area contributed by atoms with Gasteiger partial charge < -0.3 is 29.9 Å². The molecule has 2 aliphatic rings. The van der Waals surface area contributed by atoms with Crippen LogP contribution in [0.1, 0.15) is 32.1 Å². The zero-order valence-electron chi connectivity index (χ0n) is 10.3. The van der Waals surface area contributed by atoms with E-state index in [2.05, 4.69) is 0 Å². The first-order valence-corrected chi connectivity index (χ1v) is 6.59. The first-order valence-electron chi connectivity index (χ1n) is 6.59. The molecule has 1 saturated carbocycles. The lowest BCUT2D eigenvalue weighted by Crippen LogP contribution is -2.59. The molecule has 6 nitrogen and oxygen atoms in total. The Kier molecular flexibility index (Phi) is 4.94. The lowest BCUT2D eigenvalue weighted by atomic mass is 9.96. The van der Waals surface area contributed by atoms with Crippen LogP contribution in [-0.2, 0) is 9.47 Å². The van der Waals surface area contributed by atoms with Gasteiger partial charge in [-0.1, -0.05) is 19.3 Å². The van der Waals surface area contributed by atoms with Crippen molar-refractivity contribution in [1.82, 2.24) is 0 Å². The minimum absolute atomic E-state index is 0.0141. The molecule has 4 N–H and O–H groups in total. The minimum atomic E-state index is -1.36. The Bertz CT molecular complexity index is 253. The lowest BCUT2D eigenvalue weighted by Gasteiger charge is -2.41. The molecule has 2 rings (SSSR count). The summed E-state index contributed by atoms with van der Waals surface area (Å²) in [7, 11) is 0. The molecule has 0 spiro atoms. The quantitative estimate of drug-likeness (QED) is 0.528. The zero-order chi connectivity index (χ0) is 13.1. The van der Waals surface area contributed by atoms with Gasteiger partial charge in [0.2, 0.25) is 0 Å². The molecule has 2 fully saturated rings. The van der Waals surface area contributed by atoms with Crippen molar-refractivity contribution in [1.29, 1.82) is 0 Å². The predicted octanol–water partition coefficient (Wildman–Crippen LogP) is -0.864. The molecule has 1 aliphatic carbocycles. The summed E-state index contributed by atoms with van der Waals surface area (Å²) in [6, 6.07) is 0. The van der Waals surface area contributed by atoms with Gasteiger partial charge in [0.25, 0.3) is 0 Å². The van der Waals surface area contributed by atoms with E-state index in [4.69, 9.17) is 14.6 Å². The normalized spacial score (nSPS) is 43.0. The second kappa shape index (κ2) is 6.27. The van der Waals surface area contributed by atoms with Crippen LogP contribution in [0.15, 0.2) is 0 Å². The highest BCUT2D eigenvalue weighted by Gasteiger charge is 2.44. The molecule has 6 heteroatoms. The van der Waals surface area contributed by atoms with Crippen LogP contribution in [0.2, 0.25) is 0 Å². The largest absolute Gasteiger partial charge is 0.394 e. The van der Waals surface area contributed by atoms with Crippen molar-refractivity contribution in [2.45, 2.75) is 68.9 Å². The van der Waals surface area contributed by atoms with E-state index in [1.54, 1.807) is 0 Å². The van der Waals surface area contributed by atoms with E-state index in [1.807, 2.05) is 0 Å². The van der Waals surface area contributed by atoms with E-state index < -0.39 is 37.3 Å². The van der Waals surface area contributed by atoms with Crippen LogP contribution in [-0.4, -0.2) is 63.8 Å². The fraction of sp³-hybridized carbons (Fsp3) is 1.00. The van der Waals surface area contributed by atoms with Crippen LogP contribution in [0.4, 0.5) is 0 Å². The fourth-order valence-corrected chi connectivity index (χ4v) is 2.57. The SMILES string of the molecule is OC[C@H]1O[C@H](OC2CCCCC2)[C@H](O)[C@@H](O)[C@H]1O. The minimum Gasteiger partial charge on any atom is -0.394 e. The molecule has 1 heterocycles. The maximum Gasteiger partial charge on any atom is 0.186 e. The molecule has 1 aliphatic heterocycles. The molecule has 1 saturated heterocycles. The van der Waals surface area contributed by atoms with E-state index in [1.165, 1.54) is 6.42 Å². The Balaban J connectivity index is 1.93. The summed E-state index contributed by atoms with van der Waals surface area (Å²) in [5, 5.41) is 38.1. The van der Waals surface area contributed by atoms with Crippen LogP contribution in [0.25, 0.3) is 0 Å². The number of hydrogen-bond donors (Lipinski definition) is 4. The first-order chi connectivity index (χ1) is 8.63. The molecule has 0 bridgehead atoms. The van der Waals surface area contributed by atoms with Crippen LogP contribution >= 0.6 is 0 Å². The number of aliphatic hydroxyl groups excluding tert-OH is 4. The summed E-state index contributed by atoms with van der Waals surface area (Å²) < 4.78 is 10.9.